The first-order valence-corrected chi connectivity index (χ1v) is 4.70. The van der Waals surface area contributed by atoms with E-state index in [9.17, 15) is 4.79 Å². The molecule has 2 nitrogen and oxygen atoms in total. The molecule has 0 aliphatic heterocycles. The van der Waals surface area contributed by atoms with Gasteiger partial charge in [-0.2, -0.15) is 0 Å². The van der Waals surface area contributed by atoms with E-state index in [1.165, 1.54) is 0 Å². The molecule has 0 bridgehead atoms. The third-order valence-electron chi connectivity index (χ3n) is 1.76. The van der Waals surface area contributed by atoms with Crippen molar-refractivity contribution in [1.82, 2.24) is 4.57 Å². The van der Waals surface area contributed by atoms with E-state index < -0.39 is 0 Å². The van der Waals surface area contributed by atoms with E-state index in [0.717, 1.165) is 10.2 Å². The summed E-state index contributed by atoms with van der Waals surface area (Å²) >= 11 is 3.40. The number of rotatable bonds is 2. The van der Waals surface area contributed by atoms with Gasteiger partial charge in [-0.15, -0.1) is 0 Å². The fraction of sp³-hybridized carbons (Fsp3) is 0.444. The van der Waals surface area contributed by atoms with Gasteiger partial charge in [-0.25, -0.2) is 0 Å². The van der Waals surface area contributed by atoms with Crippen molar-refractivity contribution < 1.29 is 4.79 Å². The quantitative estimate of drug-likeness (QED) is 0.715. The lowest BCUT2D eigenvalue weighted by atomic mass is 10.2. The summed E-state index contributed by atoms with van der Waals surface area (Å²) in [6.45, 7) is 5.73. The highest BCUT2D eigenvalue weighted by Gasteiger charge is 2.08. The molecule has 0 unspecified atom stereocenters. The van der Waals surface area contributed by atoms with Crippen LogP contribution < -0.4 is 0 Å². The van der Waals surface area contributed by atoms with Crippen molar-refractivity contribution in [2.45, 2.75) is 26.8 Å². The Kier molecular flexibility index (Phi) is 2.73. The SMILES string of the molecule is CC(=O)c1cc(Br)n(C(C)C)c1. The highest BCUT2D eigenvalue weighted by molar-refractivity contribution is 9.10. The van der Waals surface area contributed by atoms with Crippen molar-refractivity contribution in [2.75, 3.05) is 0 Å². The molecule has 0 aromatic carbocycles. The predicted octanol–water partition coefficient (Wildman–Crippen LogP) is 3.03. The van der Waals surface area contributed by atoms with E-state index in [2.05, 4.69) is 29.8 Å². The summed E-state index contributed by atoms with van der Waals surface area (Å²) in [7, 11) is 0. The first kappa shape index (κ1) is 9.52. The molecule has 0 saturated carbocycles. The zero-order chi connectivity index (χ0) is 9.30. The Morgan fingerprint density at radius 3 is 2.42 bits per heavy atom. The molecule has 0 amide bonds. The van der Waals surface area contributed by atoms with Crippen molar-refractivity contribution in [3.63, 3.8) is 0 Å². The number of carbonyl (C=O) groups is 1. The minimum Gasteiger partial charge on any atom is -0.339 e. The monoisotopic (exact) mass is 229 g/mol. The third kappa shape index (κ3) is 1.78. The molecule has 1 heterocycles. The predicted molar refractivity (Wildman–Crippen MR) is 52.5 cm³/mol. The Balaban J connectivity index is 3.09. The lowest BCUT2D eigenvalue weighted by molar-refractivity contribution is 0.101. The zero-order valence-electron chi connectivity index (χ0n) is 7.47. The summed E-state index contributed by atoms with van der Waals surface area (Å²) in [5, 5.41) is 0. The highest BCUT2D eigenvalue weighted by Crippen LogP contribution is 2.20. The van der Waals surface area contributed by atoms with E-state index in [4.69, 9.17) is 0 Å². The number of nitrogens with zero attached hydrogens (tertiary/aromatic N) is 1. The number of halogens is 1. The summed E-state index contributed by atoms with van der Waals surface area (Å²) in [6, 6.07) is 2.23. The van der Waals surface area contributed by atoms with Gasteiger partial charge in [-0.1, -0.05) is 0 Å². The van der Waals surface area contributed by atoms with Crippen LogP contribution in [0.2, 0.25) is 0 Å². The van der Waals surface area contributed by atoms with Crippen molar-refractivity contribution in [3.8, 4) is 0 Å². The molecule has 12 heavy (non-hydrogen) atoms. The summed E-state index contributed by atoms with van der Waals surface area (Å²) in [5.41, 5.74) is 0.760. The Morgan fingerprint density at radius 2 is 2.17 bits per heavy atom. The van der Waals surface area contributed by atoms with Crippen molar-refractivity contribution in [2.24, 2.45) is 0 Å². The summed E-state index contributed by atoms with van der Waals surface area (Å²) < 4.78 is 2.99. The van der Waals surface area contributed by atoms with Gasteiger partial charge in [-0.05, 0) is 42.8 Å². The Labute approximate surface area is 80.7 Å². The van der Waals surface area contributed by atoms with Crippen LogP contribution in [0.15, 0.2) is 16.9 Å². The van der Waals surface area contributed by atoms with Gasteiger partial charge in [0, 0.05) is 17.8 Å². The number of hydrogen-bond acceptors (Lipinski definition) is 1. The van der Waals surface area contributed by atoms with Gasteiger partial charge >= 0.3 is 0 Å². The molecule has 1 rings (SSSR count). The van der Waals surface area contributed by atoms with Gasteiger partial charge in [0.15, 0.2) is 5.78 Å². The maximum atomic E-state index is 11.0. The van der Waals surface area contributed by atoms with Gasteiger partial charge in [-0.3, -0.25) is 4.79 Å². The second kappa shape index (κ2) is 3.44. The topological polar surface area (TPSA) is 22.0 Å². The van der Waals surface area contributed by atoms with Crippen molar-refractivity contribution in [3.05, 3.63) is 22.4 Å². The Morgan fingerprint density at radius 1 is 1.58 bits per heavy atom. The second-order valence-corrected chi connectivity index (χ2v) is 3.92. The highest BCUT2D eigenvalue weighted by atomic mass is 79.9. The fourth-order valence-electron chi connectivity index (χ4n) is 1.04. The normalized spacial score (nSPS) is 10.8. The molecule has 0 aliphatic rings. The number of aromatic nitrogens is 1. The van der Waals surface area contributed by atoms with Crippen LogP contribution in [0.4, 0.5) is 0 Å². The Bertz CT molecular complexity index is 301. The molecular weight excluding hydrogens is 218 g/mol. The van der Waals surface area contributed by atoms with E-state index in [0.29, 0.717) is 6.04 Å². The molecule has 66 valence electrons. The summed E-state index contributed by atoms with van der Waals surface area (Å²) in [5.74, 6) is 0.107. The third-order valence-corrected chi connectivity index (χ3v) is 2.40. The number of carbonyl (C=O) groups excluding carboxylic acids is 1. The largest absolute Gasteiger partial charge is 0.339 e. The number of ketones is 1. The molecule has 0 radical (unpaired) electrons. The van der Waals surface area contributed by atoms with Crippen LogP contribution in [0.5, 0.6) is 0 Å². The van der Waals surface area contributed by atoms with Gasteiger partial charge < -0.3 is 4.57 Å². The minimum absolute atomic E-state index is 0.107. The standard InChI is InChI=1S/C9H12BrNO/c1-6(2)11-5-8(7(3)12)4-9(11)10/h4-6H,1-3H3. The van der Waals surface area contributed by atoms with Crippen molar-refractivity contribution in [1.29, 1.82) is 0 Å². The maximum absolute atomic E-state index is 11.0. The van der Waals surface area contributed by atoms with Gasteiger partial charge in [0.2, 0.25) is 0 Å². The minimum atomic E-state index is 0.107. The maximum Gasteiger partial charge on any atom is 0.161 e. The van der Waals surface area contributed by atoms with Gasteiger partial charge in [0.25, 0.3) is 0 Å². The van der Waals surface area contributed by atoms with E-state index in [1.54, 1.807) is 6.92 Å². The van der Waals surface area contributed by atoms with E-state index in [1.807, 2.05) is 16.8 Å². The Hall–Kier alpha value is -0.570. The lowest BCUT2D eigenvalue weighted by Crippen LogP contribution is -1.98. The number of Topliss-reactive ketones (excluding diaryl/α,β-unsaturated/α-hetero) is 1. The first-order chi connectivity index (χ1) is 5.52. The molecule has 0 saturated heterocycles. The first-order valence-electron chi connectivity index (χ1n) is 3.90. The van der Waals surface area contributed by atoms with Crippen LogP contribution >= 0.6 is 15.9 Å². The fourth-order valence-corrected chi connectivity index (χ4v) is 1.80. The van der Waals surface area contributed by atoms with Crippen LogP contribution in [0.3, 0.4) is 0 Å². The van der Waals surface area contributed by atoms with E-state index >= 15 is 0 Å². The molecule has 0 aliphatic carbocycles. The van der Waals surface area contributed by atoms with Crippen molar-refractivity contribution >= 4 is 21.7 Å². The zero-order valence-corrected chi connectivity index (χ0v) is 9.05. The van der Waals surface area contributed by atoms with Crippen LogP contribution in [-0.4, -0.2) is 10.4 Å². The molecule has 0 atom stereocenters. The number of hydrogen-bond donors (Lipinski definition) is 0. The van der Waals surface area contributed by atoms with Crippen LogP contribution in [-0.2, 0) is 0 Å². The van der Waals surface area contributed by atoms with Crippen LogP contribution in [0, 0.1) is 0 Å². The average molecular weight is 230 g/mol. The molecule has 1 aromatic heterocycles. The molecule has 0 fully saturated rings. The molecule has 3 heteroatoms. The van der Waals surface area contributed by atoms with Crippen LogP contribution in [0.25, 0.3) is 0 Å². The van der Waals surface area contributed by atoms with E-state index in [-0.39, 0.29) is 5.78 Å². The molecular formula is C9H12BrNO. The smallest absolute Gasteiger partial charge is 0.161 e. The van der Waals surface area contributed by atoms with Gasteiger partial charge in [0.05, 0.1) is 4.60 Å². The molecule has 0 spiro atoms. The van der Waals surface area contributed by atoms with Gasteiger partial charge in [0.1, 0.15) is 0 Å². The average Bonchev–Trinajstić information content (AvgIpc) is 2.30. The summed E-state index contributed by atoms with van der Waals surface area (Å²) in [6.07, 6.45) is 1.87. The lowest BCUT2D eigenvalue weighted by Gasteiger charge is -2.07. The van der Waals surface area contributed by atoms with Crippen LogP contribution in [0.1, 0.15) is 37.2 Å². The molecule has 0 N–H and O–H groups in total. The second-order valence-electron chi connectivity index (χ2n) is 3.11. The molecule has 1 aromatic rings. The summed E-state index contributed by atoms with van der Waals surface area (Å²) in [4.78, 5) is 11.0.